The SMILES string of the molecule is CCC(=O)c1cc2nc(-c3cccc(F)n3)n([C@H]3CCC[C@@H](CC(=O)c4ccc(C)s4)C3)c2cc1OC. The van der Waals surface area contributed by atoms with Crippen molar-refractivity contribution in [1.29, 1.82) is 0 Å². The van der Waals surface area contributed by atoms with E-state index in [4.69, 9.17) is 9.72 Å². The zero-order valence-corrected chi connectivity index (χ0v) is 22.1. The standard InChI is InChI=1S/C29H30FN3O3S/c1-4-24(34)20-15-22-23(16-26(20)36-3)33(29(32-22)21-9-6-10-28(30)31-21)19-8-5-7-18(13-19)14-25(35)27-12-11-17(2)37-27/h6,9-12,15-16,18-19H,4-5,7-8,13-14H2,1-3H3/t18-,19+/m1/s1. The number of carbonyl (C=O) groups excluding carboxylic acids is 2. The van der Waals surface area contributed by atoms with Gasteiger partial charge in [0, 0.05) is 29.8 Å². The van der Waals surface area contributed by atoms with E-state index in [9.17, 15) is 14.0 Å². The van der Waals surface area contributed by atoms with Crippen LogP contribution >= 0.6 is 11.3 Å². The minimum atomic E-state index is -0.575. The van der Waals surface area contributed by atoms with Crippen molar-refractivity contribution >= 4 is 33.9 Å². The number of fused-ring (bicyclic) bond motifs is 1. The van der Waals surface area contributed by atoms with E-state index in [1.807, 2.05) is 32.0 Å². The molecular weight excluding hydrogens is 489 g/mol. The van der Waals surface area contributed by atoms with E-state index in [1.54, 1.807) is 36.6 Å². The third-order valence-corrected chi connectivity index (χ3v) is 8.23. The molecule has 4 aromatic rings. The number of ether oxygens (including phenoxy) is 1. The van der Waals surface area contributed by atoms with Gasteiger partial charge in [0.2, 0.25) is 5.95 Å². The predicted molar refractivity (Wildman–Crippen MR) is 143 cm³/mol. The molecular formula is C29H30FN3O3S. The molecule has 3 aromatic heterocycles. The molecule has 0 amide bonds. The molecule has 37 heavy (non-hydrogen) atoms. The molecule has 1 fully saturated rings. The van der Waals surface area contributed by atoms with Crippen molar-refractivity contribution < 1.29 is 18.7 Å². The fourth-order valence-corrected chi connectivity index (χ4v) is 6.23. The van der Waals surface area contributed by atoms with Crippen molar-refractivity contribution in [2.45, 2.75) is 58.4 Å². The summed E-state index contributed by atoms with van der Waals surface area (Å²) < 4.78 is 21.8. The summed E-state index contributed by atoms with van der Waals surface area (Å²) in [5, 5.41) is 0. The van der Waals surface area contributed by atoms with Gasteiger partial charge in [0.15, 0.2) is 17.4 Å². The second-order valence-electron chi connectivity index (χ2n) is 9.69. The van der Waals surface area contributed by atoms with Gasteiger partial charge in [-0.3, -0.25) is 9.59 Å². The summed E-state index contributed by atoms with van der Waals surface area (Å²) in [7, 11) is 1.55. The van der Waals surface area contributed by atoms with Crippen LogP contribution in [-0.4, -0.2) is 33.2 Å². The highest BCUT2D eigenvalue weighted by Crippen LogP contribution is 2.41. The molecule has 8 heteroatoms. The lowest BCUT2D eigenvalue weighted by Crippen LogP contribution is -2.22. The molecule has 3 heterocycles. The quantitative estimate of drug-likeness (QED) is 0.182. The average molecular weight is 520 g/mol. The number of benzene rings is 1. The summed E-state index contributed by atoms with van der Waals surface area (Å²) in [4.78, 5) is 36.5. The fourth-order valence-electron chi connectivity index (χ4n) is 5.41. The van der Waals surface area contributed by atoms with Crippen LogP contribution < -0.4 is 4.74 Å². The van der Waals surface area contributed by atoms with Crippen LogP contribution in [0.1, 0.15) is 76.4 Å². The van der Waals surface area contributed by atoms with Gasteiger partial charge in [-0.05, 0) is 62.4 Å². The van der Waals surface area contributed by atoms with E-state index in [0.29, 0.717) is 41.2 Å². The summed E-state index contributed by atoms with van der Waals surface area (Å²) in [6.45, 7) is 3.83. The number of carbonyl (C=O) groups is 2. The first kappa shape index (κ1) is 25.3. The van der Waals surface area contributed by atoms with Gasteiger partial charge < -0.3 is 9.30 Å². The Kier molecular flexibility index (Phi) is 7.20. The topological polar surface area (TPSA) is 74.1 Å². The van der Waals surface area contributed by atoms with Gasteiger partial charge in [-0.2, -0.15) is 4.39 Å². The van der Waals surface area contributed by atoms with E-state index in [-0.39, 0.29) is 23.5 Å². The van der Waals surface area contributed by atoms with Crippen LogP contribution in [0, 0.1) is 18.8 Å². The van der Waals surface area contributed by atoms with E-state index in [0.717, 1.165) is 41.0 Å². The Labute approximate surface area is 219 Å². The maximum absolute atomic E-state index is 14.1. The highest BCUT2D eigenvalue weighted by atomic mass is 32.1. The molecule has 1 aliphatic rings. The summed E-state index contributed by atoms with van der Waals surface area (Å²) >= 11 is 1.55. The van der Waals surface area contributed by atoms with Crippen molar-refractivity contribution in [3.8, 4) is 17.3 Å². The van der Waals surface area contributed by atoms with Gasteiger partial charge in [0.05, 0.1) is 28.6 Å². The van der Waals surface area contributed by atoms with Gasteiger partial charge in [0.1, 0.15) is 11.4 Å². The molecule has 0 saturated heterocycles. The number of halogens is 1. The average Bonchev–Trinajstić information content (AvgIpc) is 3.51. The van der Waals surface area contributed by atoms with Crippen molar-refractivity contribution in [2.24, 2.45) is 5.92 Å². The Morgan fingerprint density at radius 2 is 1.97 bits per heavy atom. The lowest BCUT2D eigenvalue weighted by molar-refractivity contribution is 0.0944. The van der Waals surface area contributed by atoms with E-state index in [2.05, 4.69) is 9.55 Å². The first-order valence-electron chi connectivity index (χ1n) is 12.7. The first-order valence-corrected chi connectivity index (χ1v) is 13.5. The monoisotopic (exact) mass is 519 g/mol. The van der Waals surface area contributed by atoms with Gasteiger partial charge in [0.25, 0.3) is 0 Å². The number of hydrogen-bond acceptors (Lipinski definition) is 6. The molecule has 0 radical (unpaired) electrons. The Morgan fingerprint density at radius 1 is 1.14 bits per heavy atom. The molecule has 2 atom stereocenters. The highest BCUT2D eigenvalue weighted by Gasteiger charge is 2.30. The molecule has 1 saturated carbocycles. The van der Waals surface area contributed by atoms with Crippen LogP contribution in [-0.2, 0) is 0 Å². The van der Waals surface area contributed by atoms with Crippen molar-refractivity contribution in [3.05, 3.63) is 63.7 Å². The maximum Gasteiger partial charge on any atom is 0.213 e. The number of hydrogen-bond donors (Lipinski definition) is 0. The van der Waals surface area contributed by atoms with Gasteiger partial charge in [-0.1, -0.05) is 19.4 Å². The largest absolute Gasteiger partial charge is 0.496 e. The number of ketones is 2. The second kappa shape index (κ2) is 10.5. The number of aromatic nitrogens is 3. The Hall–Kier alpha value is -3.39. The Bertz CT molecular complexity index is 1470. The van der Waals surface area contributed by atoms with Gasteiger partial charge >= 0.3 is 0 Å². The third-order valence-electron chi connectivity index (χ3n) is 7.19. The molecule has 192 valence electrons. The maximum atomic E-state index is 14.1. The number of aryl methyl sites for hydroxylation is 1. The Balaban J connectivity index is 1.56. The predicted octanol–water partition coefficient (Wildman–Crippen LogP) is 7.21. The van der Waals surface area contributed by atoms with E-state index in [1.165, 1.54) is 6.07 Å². The number of thiophene rings is 1. The molecule has 6 nitrogen and oxygen atoms in total. The van der Waals surface area contributed by atoms with Crippen LogP contribution in [0.4, 0.5) is 4.39 Å². The molecule has 1 aliphatic carbocycles. The smallest absolute Gasteiger partial charge is 0.213 e. The third kappa shape index (κ3) is 5.07. The Morgan fingerprint density at radius 3 is 2.68 bits per heavy atom. The number of rotatable bonds is 8. The number of methoxy groups -OCH3 is 1. The van der Waals surface area contributed by atoms with E-state index >= 15 is 0 Å². The summed E-state index contributed by atoms with van der Waals surface area (Å²) in [5.74, 6) is 0.879. The molecule has 0 unspecified atom stereocenters. The fraction of sp³-hybridized carbons (Fsp3) is 0.379. The van der Waals surface area contributed by atoms with Crippen LogP contribution in [0.15, 0.2) is 42.5 Å². The zero-order valence-electron chi connectivity index (χ0n) is 21.3. The van der Waals surface area contributed by atoms with Crippen LogP contribution in [0.2, 0.25) is 0 Å². The number of pyridine rings is 1. The summed E-state index contributed by atoms with van der Waals surface area (Å²) in [6.07, 6.45) is 4.55. The van der Waals surface area contributed by atoms with Crippen LogP contribution in [0.25, 0.3) is 22.6 Å². The minimum absolute atomic E-state index is 0.0289. The second-order valence-corrected chi connectivity index (χ2v) is 11.0. The molecule has 0 aliphatic heterocycles. The van der Waals surface area contributed by atoms with Crippen molar-refractivity contribution in [2.75, 3.05) is 7.11 Å². The lowest BCUT2D eigenvalue weighted by atomic mass is 9.82. The van der Waals surface area contributed by atoms with E-state index < -0.39 is 5.95 Å². The molecule has 0 bridgehead atoms. The summed E-state index contributed by atoms with van der Waals surface area (Å²) in [5.41, 5.74) is 2.38. The number of imidazole rings is 1. The van der Waals surface area contributed by atoms with Gasteiger partial charge in [-0.25, -0.2) is 9.97 Å². The van der Waals surface area contributed by atoms with Crippen molar-refractivity contribution in [3.63, 3.8) is 0 Å². The first-order chi connectivity index (χ1) is 17.9. The van der Waals surface area contributed by atoms with Crippen LogP contribution in [0.5, 0.6) is 5.75 Å². The minimum Gasteiger partial charge on any atom is -0.496 e. The normalized spacial score (nSPS) is 17.7. The molecule has 1 aromatic carbocycles. The molecule has 0 spiro atoms. The number of nitrogens with zero attached hydrogens (tertiary/aromatic N) is 3. The van der Waals surface area contributed by atoms with Gasteiger partial charge in [-0.15, -0.1) is 11.3 Å². The zero-order chi connectivity index (χ0) is 26.1. The molecule has 0 N–H and O–H groups in total. The van der Waals surface area contributed by atoms with Crippen molar-refractivity contribution in [1.82, 2.24) is 14.5 Å². The molecule has 5 rings (SSSR count). The number of Topliss-reactive ketones (excluding diaryl/α,β-unsaturated/α-hetero) is 2. The lowest BCUT2D eigenvalue weighted by Gasteiger charge is -2.31. The highest BCUT2D eigenvalue weighted by molar-refractivity contribution is 7.14. The summed E-state index contributed by atoms with van der Waals surface area (Å²) in [6, 6.07) is 12.3. The van der Waals surface area contributed by atoms with Crippen LogP contribution in [0.3, 0.4) is 0 Å².